The second-order valence-electron chi connectivity index (χ2n) is 9.90. The number of carbonyl (C=O) groups is 2. The Morgan fingerprint density at radius 3 is 2.45 bits per heavy atom. The van der Waals surface area contributed by atoms with Crippen molar-refractivity contribution in [2.45, 2.75) is 38.3 Å². The summed E-state index contributed by atoms with van der Waals surface area (Å²) in [7, 11) is 1.74. The van der Waals surface area contributed by atoms with Crippen molar-refractivity contribution in [3.63, 3.8) is 0 Å². The summed E-state index contributed by atoms with van der Waals surface area (Å²) in [5.41, 5.74) is 0.284. The topological polar surface area (TPSA) is 84.9 Å². The van der Waals surface area contributed by atoms with Gasteiger partial charge in [-0.1, -0.05) is 44.2 Å². The van der Waals surface area contributed by atoms with E-state index in [2.05, 4.69) is 9.97 Å². The highest BCUT2D eigenvalue weighted by Gasteiger charge is 2.42. The Morgan fingerprint density at radius 1 is 1.11 bits per heavy atom. The van der Waals surface area contributed by atoms with Gasteiger partial charge in [-0.3, -0.25) is 9.59 Å². The Labute approximate surface area is 222 Å². The molecule has 4 rings (SSSR count). The Kier molecular flexibility index (Phi) is 8.68. The molecule has 38 heavy (non-hydrogen) atoms. The van der Waals surface area contributed by atoms with Crippen molar-refractivity contribution < 1.29 is 23.5 Å². The number of ether oxygens (including phenoxy) is 2. The molecule has 1 atom stereocenters. The standard InChI is InChI=1S/C29H33FN4O4/c1-21(2)27-31-16-23(17-32-27)28(36)34-13-14-38-29(19-34,20-37-25-11-9-24(30)10-12-25)15-26(35)33(3)18-22-7-5-4-6-8-22/h4-12,16-17,21H,13-15,18-20H2,1-3H3. The highest BCUT2D eigenvalue weighted by atomic mass is 19.1. The van der Waals surface area contributed by atoms with Crippen LogP contribution in [0.1, 0.15) is 47.9 Å². The van der Waals surface area contributed by atoms with Crippen molar-refractivity contribution in [3.8, 4) is 5.75 Å². The number of benzene rings is 2. The van der Waals surface area contributed by atoms with Crippen LogP contribution in [0.5, 0.6) is 5.75 Å². The van der Waals surface area contributed by atoms with Crippen LogP contribution in [0.2, 0.25) is 0 Å². The molecule has 2 aromatic carbocycles. The first-order valence-corrected chi connectivity index (χ1v) is 12.7. The first-order chi connectivity index (χ1) is 18.2. The summed E-state index contributed by atoms with van der Waals surface area (Å²) in [6.45, 7) is 5.16. The fraction of sp³-hybridized carbons (Fsp3) is 0.379. The maximum Gasteiger partial charge on any atom is 0.257 e. The Balaban J connectivity index is 1.52. The third-order valence-electron chi connectivity index (χ3n) is 6.45. The highest BCUT2D eigenvalue weighted by molar-refractivity contribution is 5.93. The monoisotopic (exact) mass is 520 g/mol. The molecule has 1 aliphatic rings. The predicted octanol–water partition coefficient (Wildman–Crippen LogP) is 4.08. The molecular formula is C29H33FN4O4. The van der Waals surface area contributed by atoms with Gasteiger partial charge in [-0.2, -0.15) is 0 Å². The van der Waals surface area contributed by atoms with Crippen LogP contribution < -0.4 is 4.74 Å². The molecule has 3 aromatic rings. The molecule has 2 heterocycles. The maximum absolute atomic E-state index is 13.4. The number of carbonyl (C=O) groups excluding carboxylic acids is 2. The molecule has 200 valence electrons. The second-order valence-corrected chi connectivity index (χ2v) is 9.90. The molecule has 1 saturated heterocycles. The van der Waals surface area contributed by atoms with E-state index < -0.39 is 5.60 Å². The Morgan fingerprint density at radius 2 is 1.79 bits per heavy atom. The van der Waals surface area contributed by atoms with E-state index in [-0.39, 0.29) is 49.7 Å². The smallest absolute Gasteiger partial charge is 0.257 e. The van der Waals surface area contributed by atoms with Crippen molar-refractivity contribution >= 4 is 11.8 Å². The van der Waals surface area contributed by atoms with Gasteiger partial charge in [-0.05, 0) is 29.8 Å². The fourth-order valence-electron chi connectivity index (χ4n) is 4.29. The predicted molar refractivity (Wildman–Crippen MR) is 140 cm³/mol. The van der Waals surface area contributed by atoms with Crippen molar-refractivity contribution in [2.24, 2.45) is 0 Å². The van der Waals surface area contributed by atoms with Gasteiger partial charge in [0.2, 0.25) is 5.91 Å². The third-order valence-corrected chi connectivity index (χ3v) is 6.45. The largest absolute Gasteiger partial charge is 0.490 e. The number of aromatic nitrogens is 2. The average Bonchev–Trinajstić information content (AvgIpc) is 2.93. The zero-order valence-electron chi connectivity index (χ0n) is 22.0. The van der Waals surface area contributed by atoms with Gasteiger partial charge in [0.15, 0.2) is 0 Å². The van der Waals surface area contributed by atoms with E-state index in [1.54, 1.807) is 16.8 Å². The lowest BCUT2D eigenvalue weighted by atomic mass is 9.96. The molecule has 0 spiro atoms. The molecule has 1 aliphatic heterocycles. The lowest BCUT2D eigenvalue weighted by molar-refractivity contribution is -0.152. The van der Waals surface area contributed by atoms with E-state index in [1.807, 2.05) is 44.2 Å². The normalized spacial score (nSPS) is 17.3. The summed E-state index contributed by atoms with van der Waals surface area (Å²) in [6.07, 6.45) is 3.08. The quantitative estimate of drug-likeness (QED) is 0.423. The van der Waals surface area contributed by atoms with Gasteiger partial charge in [-0.15, -0.1) is 0 Å². The molecule has 0 radical (unpaired) electrons. The van der Waals surface area contributed by atoms with E-state index >= 15 is 0 Å². The maximum atomic E-state index is 13.4. The molecule has 9 heteroatoms. The van der Waals surface area contributed by atoms with Gasteiger partial charge in [0.25, 0.3) is 5.91 Å². The number of nitrogens with zero attached hydrogens (tertiary/aromatic N) is 4. The first kappa shape index (κ1) is 27.2. The summed E-state index contributed by atoms with van der Waals surface area (Å²) >= 11 is 0. The van der Waals surface area contributed by atoms with Crippen LogP contribution in [0.15, 0.2) is 67.0 Å². The summed E-state index contributed by atoms with van der Waals surface area (Å²) in [5.74, 6) is 0.507. The zero-order chi connectivity index (χ0) is 27.1. The fourth-order valence-corrected chi connectivity index (χ4v) is 4.29. The molecule has 0 N–H and O–H groups in total. The van der Waals surface area contributed by atoms with Gasteiger partial charge in [0.1, 0.15) is 29.6 Å². The van der Waals surface area contributed by atoms with Crippen LogP contribution in [0, 0.1) is 5.82 Å². The molecule has 0 bridgehead atoms. The van der Waals surface area contributed by atoms with Crippen molar-refractivity contribution in [2.75, 3.05) is 33.4 Å². The SMILES string of the molecule is CC(C)c1ncc(C(=O)N2CCOC(COc3ccc(F)cc3)(CC(=O)N(C)Cc3ccccc3)C2)cn1. The van der Waals surface area contributed by atoms with E-state index in [4.69, 9.17) is 9.47 Å². The van der Waals surface area contributed by atoms with Crippen molar-refractivity contribution in [1.29, 1.82) is 0 Å². The number of hydrogen-bond acceptors (Lipinski definition) is 6. The van der Waals surface area contributed by atoms with Crippen molar-refractivity contribution in [3.05, 3.63) is 89.8 Å². The summed E-state index contributed by atoms with van der Waals surface area (Å²) < 4.78 is 25.5. The van der Waals surface area contributed by atoms with E-state index in [9.17, 15) is 14.0 Å². The first-order valence-electron chi connectivity index (χ1n) is 12.7. The second kappa shape index (κ2) is 12.1. The van der Waals surface area contributed by atoms with Gasteiger partial charge in [0.05, 0.1) is 25.1 Å². The molecule has 2 amide bonds. The van der Waals surface area contributed by atoms with Gasteiger partial charge in [-0.25, -0.2) is 14.4 Å². The van der Waals surface area contributed by atoms with Crippen LogP contribution >= 0.6 is 0 Å². The minimum absolute atomic E-state index is 0.00406. The number of rotatable bonds is 9. The lowest BCUT2D eigenvalue weighted by Crippen LogP contribution is -2.58. The van der Waals surface area contributed by atoms with E-state index in [1.165, 1.54) is 36.7 Å². The van der Waals surface area contributed by atoms with Crippen LogP contribution in [-0.2, 0) is 16.1 Å². The van der Waals surface area contributed by atoms with Crippen LogP contribution in [0.25, 0.3) is 0 Å². The number of hydrogen-bond donors (Lipinski definition) is 0. The Bertz CT molecular complexity index is 1220. The van der Waals surface area contributed by atoms with Crippen LogP contribution in [0.4, 0.5) is 4.39 Å². The summed E-state index contributed by atoms with van der Waals surface area (Å²) in [6, 6.07) is 15.3. The van der Waals surface area contributed by atoms with Gasteiger partial charge < -0.3 is 19.3 Å². The lowest BCUT2D eigenvalue weighted by Gasteiger charge is -2.42. The minimum Gasteiger partial charge on any atom is -0.490 e. The zero-order valence-corrected chi connectivity index (χ0v) is 22.0. The third kappa shape index (κ3) is 6.92. The molecule has 0 saturated carbocycles. The molecular weight excluding hydrogens is 487 g/mol. The van der Waals surface area contributed by atoms with Gasteiger partial charge >= 0.3 is 0 Å². The molecule has 1 unspecified atom stereocenters. The summed E-state index contributed by atoms with van der Waals surface area (Å²) in [5, 5.41) is 0. The van der Waals surface area contributed by atoms with E-state index in [0.29, 0.717) is 30.2 Å². The van der Waals surface area contributed by atoms with Crippen LogP contribution in [-0.4, -0.2) is 70.5 Å². The summed E-state index contributed by atoms with van der Waals surface area (Å²) in [4.78, 5) is 38.6. The number of morpholine rings is 1. The molecule has 8 nitrogen and oxygen atoms in total. The molecule has 0 aliphatic carbocycles. The van der Waals surface area contributed by atoms with Crippen molar-refractivity contribution in [1.82, 2.24) is 19.8 Å². The minimum atomic E-state index is -1.09. The number of halogens is 1. The Hall–Kier alpha value is -3.85. The molecule has 1 aromatic heterocycles. The van der Waals surface area contributed by atoms with Gasteiger partial charge in [0, 0.05) is 38.4 Å². The van der Waals surface area contributed by atoms with E-state index in [0.717, 1.165) is 5.56 Å². The number of amides is 2. The highest BCUT2D eigenvalue weighted by Crippen LogP contribution is 2.27. The molecule has 1 fully saturated rings. The van der Waals surface area contributed by atoms with Crippen LogP contribution in [0.3, 0.4) is 0 Å². The average molecular weight is 521 g/mol.